The maximum absolute atomic E-state index is 13.6. The Kier molecular flexibility index (Phi) is 10.0. The monoisotopic (exact) mass is 572 g/mol. The predicted octanol–water partition coefficient (Wildman–Crippen LogP) is 6.76. The molecule has 0 aliphatic heterocycles. The fraction of sp³-hybridized carbons (Fsp3) is 0.387. The predicted molar refractivity (Wildman–Crippen MR) is 149 cm³/mol. The van der Waals surface area contributed by atoms with Crippen molar-refractivity contribution in [2.24, 2.45) is 0 Å². The first-order valence-electron chi connectivity index (χ1n) is 13.7. The number of rotatable bonds is 11. The fourth-order valence-corrected chi connectivity index (χ4v) is 7.12. The van der Waals surface area contributed by atoms with Crippen LogP contribution in [0.4, 0.5) is 13.2 Å². The Morgan fingerprint density at radius 1 is 0.875 bits per heavy atom. The Morgan fingerprint density at radius 3 is 2.05 bits per heavy atom. The molecule has 0 unspecified atom stereocenters. The summed E-state index contributed by atoms with van der Waals surface area (Å²) in [5, 5.41) is 2.92. The van der Waals surface area contributed by atoms with Crippen LogP contribution in [0.15, 0.2) is 89.8 Å². The molecule has 214 valence electrons. The van der Waals surface area contributed by atoms with Gasteiger partial charge in [0, 0.05) is 31.5 Å². The molecule has 0 heterocycles. The van der Waals surface area contributed by atoms with Gasteiger partial charge >= 0.3 is 6.18 Å². The van der Waals surface area contributed by atoms with E-state index in [1.807, 2.05) is 36.4 Å². The lowest BCUT2D eigenvalue weighted by molar-refractivity contribution is -0.137. The van der Waals surface area contributed by atoms with Crippen molar-refractivity contribution in [2.45, 2.75) is 68.0 Å². The molecule has 0 aromatic heterocycles. The summed E-state index contributed by atoms with van der Waals surface area (Å²) in [6.45, 7) is 0.312. The minimum Gasteiger partial charge on any atom is -0.356 e. The first kappa shape index (κ1) is 29.8. The van der Waals surface area contributed by atoms with Gasteiger partial charge in [-0.3, -0.25) is 4.79 Å². The Labute approximate surface area is 234 Å². The van der Waals surface area contributed by atoms with Crippen molar-refractivity contribution < 1.29 is 26.4 Å². The Bertz CT molecular complexity index is 1300. The molecule has 3 aromatic carbocycles. The molecule has 1 amide bonds. The Morgan fingerprint density at radius 2 is 1.48 bits per heavy atom. The molecule has 0 radical (unpaired) electrons. The molecule has 5 nitrogen and oxygen atoms in total. The fourth-order valence-electron chi connectivity index (χ4n) is 5.39. The van der Waals surface area contributed by atoms with Crippen LogP contribution in [0, 0.1) is 0 Å². The van der Waals surface area contributed by atoms with Gasteiger partial charge in [-0.25, -0.2) is 8.42 Å². The summed E-state index contributed by atoms with van der Waals surface area (Å²) in [6, 6.07) is 23.5. The van der Waals surface area contributed by atoms with E-state index in [0.717, 1.165) is 42.5 Å². The highest BCUT2D eigenvalue weighted by Crippen LogP contribution is 2.33. The van der Waals surface area contributed by atoms with Gasteiger partial charge in [0.05, 0.1) is 10.5 Å². The number of nitrogens with one attached hydrogen (secondary N) is 1. The van der Waals surface area contributed by atoms with Crippen molar-refractivity contribution in [3.05, 3.63) is 102 Å². The largest absolute Gasteiger partial charge is 0.416 e. The zero-order valence-electron chi connectivity index (χ0n) is 22.3. The van der Waals surface area contributed by atoms with E-state index in [2.05, 4.69) is 29.6 Å². The molecule has 9 heteroatoms. The summed E-state index contributed by atoms with van der Waals surface area (Å²) in [5.41, 5.74) is 1.26. The zero-order chi connectivity index (χ0) is 28.6. The molecule has 0 saturated heterocycles. The molecule has 4 rings (SSSR count). The van der Waals surface area contributed by atoms with Crippen LogP contribution >= 0.6 is 0 Å². The molecule has 3 aromatic rings. The van der Waals surface area contributed by atoms with Gasteiger partial charge in [-0.05, 0) is 48.6 Å². The summed E-state index contributed by atoms with van der Waals surface area (Å²) in [6.07, 6.45) is -0.162. The summed E-state index contributed by atoms with van der Waals surface area (Å²) in [4.78, 5) is 12.5. The molecule has 0 spiro atoms. The normalized spacial score (nSPS) is 14.9. The average Bonchev–Trinajstić information content (AvgIpc) is 2.96. The average molecular weight is 573 g/mol. The maximum atomic E-state index is 13.6. The van der Waals surface area contributed by atoms with Gasteiger partial charge in [0.2, 0.25) is 15.9 Å². The lowest BCUT2D eigenvalue weighted by Gasteiger charge is -2.33. The van der Waals surface area contributed by atoms with Crippen LogP contribution in [0.25, 0.3) is 0 Å². The van der Waals surface area contributed by atoms with Crippen LogP contribution < -0.4 is 5.32 Å². The van der Waals surface area contributed by atoms with E-state index < -0.39 is 26.7 Å². The third-order valence-electron chi connectivity index (χ3n) is 7.47. The molecular formula is C31H35F3N2O3S. The van der Waals surface area contributed by atoms with Gasteiger partial charge in [-0.1, -0.05) is 86.0 Å². The minimum absolute atomic E-state index is 0.0734. The molecule has 1 saturated carbocycles. The summed E-state index contributed by atoms with van der Waals surface area (Å²) in [5.74, 6) is -0.206. The van der Waals surface area contributed by atoms with Crippen LogP contribution in [-0.2, 0) is 21.0 Å². The quantitative estimate of drug-likeness (QED) is 0.276. The van der Waals surface area contributed by atoms with E-state index in [9.17, 15) is 26.4 Å². The third-order valence-corrected chi connectivity index (χ3v) is 9.42. The molecule has 0 atom stereocenters. The van der Waals surface area contributed by atoms with Crippen molar-refractivity contribution in [1.29, 1.82) is 0 Å². The van der Waals surface area contributed by atoms with E-state index in [1.54, 1.807) is 0 Å². The van der Waals surface area contributed by atoms with Crippen molar-refractivity contribution in [3.63, 3.8) is 0 Å². The van der Waals surface area contributed by atoms with Gasteiger partial charge in [0.25, 0.3) is 0 Å². The molecule has 1 aliphatic rings. The van der Waals surface area contributed by atoms with Crippen LogP contribution in [0.2, 0.25) is 0 Å². The van der Waals surface area contributed by atoms with E-state index in [-0.39, 0.29) is 30.8 Å². The van der Waals surface area contributed by atoms with E-state index in [0.29, 0.717) is 31.9 Å². The number of sulfonamides is 1. The lowest BCUT2D eigenvalue weighted by Crippen LogP contribution is -2.43. The topological polar surface area (TPSA) is 66.5 Å². The van der Waals surface area contributed by atoms with Crippen LogP contribution in [-0.4, -0.2) is 37.8 Å². The molecule has 1 aliphatic carbocycles. The molecular weight excluding hydrogens is 537 g/mol. The number of hydrogen-bond donors (Lipinski definition) is 1. The minimum atomic E-state index is -4.65. The molecule has 1 fully saturated rings. The van der Waals surface area contributed by atoms with Gasteiger partial charge < -0.3 is 5.32 Å². The van der Waals surface area contributed by atoms with E-state index >= 15 is 0 Å². The standard InChI is InChI=1S/C31H35F3N2O3S/c32-31(33,34)26-15-10-18-28(23-26)40(38,39)36(27-16-8-3-9-17-27)22-20-30(37)35-21-19-29(24-11-4-1-5-12-24)25-13-6-2-7-14-25/h1-2,4-7,10-15,18,23,27,29H,3,8-9,16-17,19-22H2,(H,35,37). The zero-order valence-corrected chi connectivity index (χ0v) is 23.1. The second-order valence-electron chi connectivity index (χ2n) is 10.2. The number of amides is 1. The molecule has 40 heavy (non-hydrogen) atoms. The number of halogens is 3. The second-order valence-corrected chi connectivity index (χ2v) is 12.1. The van der Waals surface area contributed by atoms with Crippen LogP contribution in [0.3, 0.4) is 0 Å². The first-order chi connectivity index (χ1) is 19.2. The number of benzene rings is 3. The van der Waals surface area contributed by atoms with E-state index in [1.165, 1.54) is 10.4 Å². The smallest absolute Gasteiger partial charge is 0.356 e. The Balaban J connectivity index is 1.43. The number of alkyl halides is 3. The van der Waals surface area contributed by atoms with Crippen LogP contribution in [0.5, 0.6) is 0 Å². The van der Waals surface area contributed by atoms with Gasteiger partial charge in [-0.2, -0.15) is 17.5 Å². The van der Waals surface area contributed by atoms with E-state index in [4.69, 9.17) is 0 Å². The maximum Gasteiger partial charge on any atom is 0.416 e. The van der Waals surface area contributed by atoms with Crippen LogP contribution in [0.1, 0.15) is 67.6 Å². The van der Waals surface area contributed by atoms with Crippen molar-refractivity contribution in [2.75, 3.05) is 13.1 Å². The number of carbonyl (C=O) groups excluding carboxylic acids is 1. The highest BCUT2D eigenvalue weighted by atomic mass is 32.2. The SMILES string of the molecule is O=C(CCN(C1CCCCC1)S(=O)(=O)c1cccc(C(F)(F)F)c1)NCCC(c1ccccc1)c1ccccc1. The Hall–Kier alpha value is -3.17. The molecule has 0 bridgehead atoms. The number of nitrogens with zero attached hydrogens (tertiary/aromatic N) is 1. The number of carbonyl (C=O) groups is 1. The highest BCUT2D eigenvalue weighted by Gasteiger charge is 2.35. The summed E-state index contributed by atoms with van der Waals surface area (Å²) >= 11 is 0. The molecule has 1 N–H and O–H groups in total. The van der Waals surface area contributed by atoms with Gasteiger partial charge in [0.15, 0.2) is 0 Å². The first-order valence-corrected chi connectivity index (χ1v) is 15.2. The van der Waals surface area contributed by atoms with Crippen molar-refractivity contribution in [1.82, 2.24) is 9.62 Å². The van der Waals surface area contributed by atoms with Crippen molar-refractivity contribution >= 4 is 15.9 Å². The number of hydrogen-bond acceptors (Lipinski definition) is 3. The van der Waals surface area contributed by atoms with Crippen molar-refractivity contribution in [3.8, 4) is 0 Å². The lowest BCUT2D eigenvalue weighted by atomic mass is 9.88. The van der Waals surface area contributed by atoms with Gasteiger partial charge in [0.1, 0.15) is 0 Å². The second kappa shape index (κ2) is 13.5. The van der Waals surface area contributed by atoms with Gasteiger partial charge in [-0.15, -0.1) is 0 Å². The highest BCUT2D eigenvalue weighted by molar-refractivity contribution is 7.89. The summed E-state index contributed by atoms with van der Waals surface area (Å²) in [7, 11) is -4.23. The summed E-state index contributed by atoms with van der Waals surface area (Å²) < 4.78 is 68.3. The third kappa shape index (κ3) is 7.73.